The van der Waals surface area contributed by atoms with E-state index in [9.17, 15) is 15.3 Å². The van der Waals surface area contributed by atoms with Crippen molar-refractivity contribution in [3.05, 3.63) is 0 Å². The molecule has 28 heavy (non-hydrogen) atoms. The highest BCUT2D eigenvalue weighted by Gasteiger charge is 2.82. The second-order valence-electron chi connectivity index (χ2n) is 12.4. The lowest BCUT2D eigenvalue weighted by Gasteiger charge is -2.65. The van der Waals surface area contributed by atoms with Crippen molar-refractivity contribution in [1.29, 1.82) is 0 Å². The molecule has 6 saturated carbocycles. The van der Waals surface area contributed by atoms with Gasteiger partial charge in [-0.3, -0.25) is 0 Å². The van der Waals surface area contributed by atoms with Crippen LogP contribution in [0.3, 0.4) is 0 Å². The Morgan fingerprint density at radius 3 is 2.32 bits per heavy atom. The second-order valence-corrected chi connectivity index (χ2v) is 12.4. The zero-order valence-corrected chi connectivity index (χ0v) is 17.3. The van der Waals surface area contributed by atoms with Gasteiger partial charge in [0.15, 0.2) is 6.29 Å². The molecule has 0 aromatic rings. The summed E-state index contributed by atoms with van der Waals surface area (Å²) in [5.41, 5.74) is -0.559. The Morgan fingerprint density at radius 2 is 1.57 bits per heavy atom. The fourth-order valence-electron chi connectivity index (χ4n) is 10.7. The first-order valence-corrected chi connectivity index (χ1v) is 12.0. The smallest absolute Gasteiger partial charge is 0.155 e. The van der Waals surface area contributed by atoms with Crippen LogP contribution in [0.4, 0.5) is 0 Å². The molecule has 4 nitrogen and oxygen atoms in total. The summed E-state index contributed by atoms with van der Waals surface area (Å²) < 4.78 is 6.40. The Kier molecular flexibility index (Phi) is 3.03. The zero-order valence-electron chi connectivity index (χ0n) is 17.3. The highest BCUT2D eigenvalue weighted by Crippen LogP contribution is 2.83. The lowest BCUT2D eigenvalue weighted by atomic mass is 9.42. The molecule has 1 saturated heterocycles. The third kappa shape index (κ3) is 1.67. The van der Waals surface area contributed by atoms with Gasteiger partial charge in [-0.05, 0) is 91.8 Å². The Balaban J connectivity index is 1.31. The molecule has 13 unspecified atom stereocenters. The van der Waals surface area contributed by atoms with E-state index < -0.39 is 11.9 Å². The van der Waals surface area contributed by atoms with Crippen molar-refractivity contribution in [3.8, 4) is 0 Å². The minimum absolute atomic E-state index is 0.0356. The quantitative estimate of drug-likeness (QED) is 0.596. The normalized spacial score (nSPS) is 71.2. The molecule has 6 aliphatic carbocycles. The van der Waals surface area contributed by atoms with Crippen molar-refractivity contribution < 1.29 is 20.1 Å². The molecule has 0 aromatic heterocycles. The van der Waals surface area contributed by atoms with Crippen LogP contribution in [0.5, 0.6) is 0 Å². The molecule has 4 heteroatoms. The summed E-state index contributed by atoms with van der Waals surface area (Å²) in [5, 5.41) is 32.5. The number of ether oxygens (including phenoxy) is 1. The van der Waals surface area contributed by atoms with Crippen molar-refractivity contribution in [3.63, 3.8) is 0 Å². The Hall–Kier alpha value is -0.160. The molecule has 7 fully saturated rings. The average Bonchev–Trinajstić information content (AvgIpc) is 3.54. The molecule has 3 N–H and O–H groups in total. The van der Waals surface area contributed by atoms with Gasteiger partial charge in [0.1, 0.15) is 0 Å². The van der Waals surface area contributed by atoms with Crippen LogP contribution < -0.4 is 0 Å². The van der Waals surface area contributed by atoms with E-state index in [0.29, 0.717) is 36.0 Å². The lowest BCUT2D eigenvalue weighted by molar-refractivity contribution is -0.247. The summed E-state index contributed by atoms with van der Waals surface area (Å²) in [4.78, 5) is 0. The van der Waals surface area contributed by atoms with Crippen molar-refractivity contribution in [2.24, 2.45) is 52.3 Å². The van der Waals surface area contributed by atoms with Crippen molar-refractivity contribution in [2.75, 3.05) is 0 Å². The molecular weight excluding hydrogens is 352 g/mol. The SMILES string of the molecule is CC12CCC(O)CC1(O)C1CC1C1C2CCC2(C)C1C1CC1C21CCC(O)O1. The van der Waals surface area contributed by atoms with Gasteiger partial charge < -0.3 is 20.1 Å². The maximum atomic E-state index is 11.9. The van der Waals surface area contributed by atoms with E-state index in [0.717, 1.165) is 37.5 Å². The predicted octanol–water partition coefficient (Wildman–Crippen LogP) is 3.08. The van der Waals surface area contributed by atoms with E-state index in [-0.39, 0.29) is 22.5 Å². The molecule has 1 aliphatic heterocycles. The first-order valence-electron chi connectivity index (χ1n) is 12.0. The van der Waals surface area contributed by atoms with Gasteiger partial charge in [-0.1, -0.05) is 13.8 Å². The summed E-state index contributed by atoms with van der Waals surface area (Å²) in [7, 11) is 0. The van der Waals surface area contributed by atoms with Crippen molar-refractivity contribution in [1.82, 2.24) is 0 Å². The predicted molar refractivity (Wildman–Crippen MR) is 103 cm³/mol. The van der Waals surface area contributed by atoms with E-state index in [1.54, 1.807) is 0 Å². The second kappa shape index (κ2) is 4.84. The number of aliphatic hydroxyl groups excluding tert-OH is 2. The fraction of sp³-hybridized carbons (Fsp3) is 1.00. The van der Waals surface area contributed by atoms with E-state index in [2.05, 4.69) is 13.8 Å². The summed E-state index contributed by atoms with van der Waals surface area (Å²) in [6.07, 6.45) is 8.25. The van der Waals surface area contributed by atoms with E-state index in [4.69, 9.17) is 4.74 Å². The molecule has 7 aliphatic rings. The van der Waals surface area contributed by atoms with Gasteiger partial charge in [-0.25, -0.2) is 0 Å². The van der Waals surface area contributed by atoms with Gasteiger partial charge in [0.05, 0.1) is 17.3 Å². The standard InChI is InChI=1S/C24H36O4/c1-21-6-3-12(25)11-23(21,27)16-9-13(16)19-15(21)4-7-22(2)20(19)14-10-17(14)24(22)8-5-18(26)28-24/h12-20,25-27H,3-11H2,1-2H3. The Bertz CT molecular complexity index is 740. The van der Waals surface area contributed by atoms with Crippen LogP contribution in [0.15, 0.2) is 0 Å². The topological polar surface area (TPSA) is 69.9 Å². The molecule has 13 atom stereocenters. The minimum Gasteiger partial charge on any atom is -0.393 e. The molecule has 0 bridgehead atoms. The first kappa shape index (κ1) is 17.5. The zero-order chi connectivity index (χ0) is 19.3. The average molecular weight is 389 g/mol. The number of rotatable bonds is 0. The molecule has 1 heterocycles. The lowest BCUT2D eigenvalue weighted by Crippen LogP contribution is -2.65. The van der Waals surface area contributed by atoms with Gasteiger partial charge >= 0.3 is 0 Å². The largest absolute Gasteiger partial charge is 0.393 e. The highest BCUT2D eigenvalue weighted by molar-refractivity contribution is 5.30. The van der Waals surface area contributed by atoms with Crippen LogP contribution in [-0.2, 0) is 4.74 Å². The van der Waals surface area contributed by atoms with E-state index >= 15 is 0 Å². The van der Waals surface area contributed by atoms with Gasteiger partial charge in [-0.15, -0.1) is 0 Å². The van der Waals surface area contributed by atoms with Crippen LogP contribution in [0, 0.1) is 52.3 Å². The molecule has 0 aromatic carbocycles. The number of fused-ring (bicyclic) bond motifs is 12. The molecule has 156 valence electrons. The maximum Gasteiger partial charge on any atom is 0.155 e. The number of aliphatic hydroxyl groups is 3. The van der Waals surface area contributed by atoms with Crippen LogP contribution in [0.2, 0.25) is 0 Å². The highest BCUT2D eigenvalue weighted by atomic mass is 16.6. The van der Waals surface area contributed by atoms with Crippen molar-refractivity contribution >= 4 is 0 Å². The molecule has 0 radical (unpaired) electrons. The van der Waals surface area contributed by atoms with Crippen molar-refractivity contribution in [2.45, 2.75) is 95.2 Å². The van der Waals surface area contributed by atoms with Crippen LogP contribution in [0.25, 0.3) is 0 Å². The third-order valence-corrected chi connectivity index (χ3v) is 11.9. The monoisotopic (exact) mass is 388 g/mol. The molecule has 0 amide bonds. The Morgan fingerprint density at radius 1 is 0.821 bits per heavy atom. The van der Waals surface area contributed by atoms with Gasteiger partial charge in [-0.2, -0.15) is 0 Å². The summed E-state index contributed by atoms with van der Waals surface area (Å²) >= 11 is 0. The van der Waals surface area contributed by atoms with E-state index in [1.165, 1.54) is 25.7 Å². The van der Waals surface area contributed by atoms with E-state index in [1.807, 2.05) is 0 Å². The summed E-state index contributed by atoms with van der Waals surface area (Å²) in [5.74, 6) is 4.53. The van der Waals surface area contributed by atoms with Crippen LogP contribution in [0.1, 0.15) is 71.6 Å². The molecular formula is C24H36O4. The summed E-state index contributed by atoms with van der Waals surface area (Å²) in [6.45, 7) is 4.88. The number of hydrogen-bond acceptors (Lipinski definition) is 4. The number of hydrogen-bond donors (Lipinski definition) is 3. The first-order chi connectivity index (χ1) is 13.3. The fourth-order valence-corrected chi connectivity index (χ4v) is 10.7. The minimum atomic E-state index is -0.649. The van der Waals surface area contributed by atoms with Gasteiger partial charge in [0.2, 0.25) is 0 Å². The third-order valence-electron chi connectivity index (χ3n) is 11.9. The molecule has 1 spiro atoms. The summed E-state index contributed by atoms with van der Waals surface area (Å²) in [6, 6.07) is 0. The maximum absolute atomic E-state index is 11.9. The van der Waals surface area contributed by atoms with Gasteiger partial charge in [0.25, 0.3) is 0 Å². The van der Waals surface area contributed by atoms with Crippen LogP contribution >= 0.6 is 0 Å². The molecule has 7 rings (SSSR count). The van der Waals surface area contributed by atoms with Crippen LogP contribution in [-0.4, -0.2) is 38.9 Å². The van der Waals surface area contributed by atoms with Gasteiger partial charge in [0, 0.05) is 18.3 Å². The Labute approximate surface area is 168 Å².